The molecule has 17 heavy (non-hydrogen) atoms. The van der Waals surface area contributed by atoms with Gasteiger partial charge < -0.3 is 14.8 Å². The number of hydrogen-bond acceptors (Lipinski definition) is 4. The smallest absolute Gasteiger partial charge is 0.325 e. The van der Waals surface area contributed by atoms with Crippen LogP contribution in [0.4, 0.5) is 8.78 Å². The molecule has 0 aliphatic heterocycles. The molecule has 0 rings (SSSR count). The van der Waals surface area contributed by atoms with Crippen LogP contribution in [0.5, 0.6) is 0 Å². The van der Waals surface area contributed by atoms with Crippen LogP contribution in [-0.4, -0.2) is 44.8 Å². The fourth-order valence-corrected chi connectivity index (χ4v) is 1.58. The molecule has 0 aromatic heterocycles. The van der Waals surface area contributed by atoms with Crippen LogP contribution in [0, 0.1) is 0 Å². The van der Waals surface area contributed by atoms with Gasteiger partial charge in [-0.15, -0.1) is 0 Å². The van der Waals surface area contributed by atoms with Crippen molar-refractivity contribution >= 4 is 5.97 Å². The van der Waals surface area contributed by atoms with Crippen molar-refractivity contribution in [3.8, 4) is 0 Å². The molecule has 0 bridgehead atoms. The van der Waals surface area contributed by atoms with Gasteiger partial charge >= 0.3 is 5.97 Å². The summed E-state index contributed by atoms with van der Waals surface area (Å²) < 4.78 is 33.0. The summed E-state index contributed by atoms with van der Waals surface area (Å²) in [5.41, 5.74) is -0.780. The Morgan fingerprint density at radius 2 is 2.12 bits per heavy atom. The van der Waals surface area contributed by atoms with Gasteiger partial charge in [-0.1, -0.05) is 6.92 Å². The molecule has 1 unspecified atom stereocenters. The molecule has 1 N–H and O–H groups in total. The van der Waals surface area contributed by atoms with E-state index in [9.17, 15) is 13.6 Å². The number of methoxy groups -OCH3 is 1. The van der Waals surface area contributed by atoms with Crippen LogP contribution in [0.25, 0.3) is 0 Å². The van der Waals surface area contributed by atoms with Crippen molar-refractivity contribution in [2.45, 2.75) is 38.7 Å². The number of nitrogens with one attached hydrogen (secondary N) is 1. The Kier molecular flexibility index (Phi) is 7.99. The van der Waals surface area contributed by atoms with Gasteiger partial charge in [0, 0.05) is 6.61 Å². The molecule has 1 atom stereocenters. The van der Waals surface area contributed by atoms with Crippen LogP contribution >= 0.6 is 0 Å². The maximum absolute atomic E-state index is 11.8. The van der Waals surface area contributed by atoms with E-state index in [1.54, 1.807) is 6.92 Å². The van der Waals surface area contributed by atoms with E-state index in [2.05, 4.69) is 5.32 Å². The van der Waals surface area contributed by atoms with E-state index in [0.29, 0.717) is 19.4 Å². The highest BCUT2D eigenvalue weighted by Gasteiger charge is 2.32. The first kappa shape index (κ1) is 16.2. The van der Waals surface area contributed by atoms with E-state index in [-0.39, 0.29) is 12.6 Å². The van der Waals surface area contributed by atoms with E-state index in [4.69, 9.17) is 9.47 Å². The Balaban J connectivity index is 3.97. The molecule has 4 nitrogen and oxygen atoms in total. The monoisotopic (exact) mass is 253 g/mol. The quantitative estimate of drug-likeness (QED) is 0.501. The first-order valence-corrected chi connectivity index (χ1v) is 5.65. The zero-order valence-corrected chi connectivity index (χ0v) is 10.6. The molecule has 0 aliphatic carbocycles. The summed E-state index contributed by atoms with van der Waals surface area (Å²) in [6.45, 7) is 3.89. The fraction of sp³-hybridized carbons (Fsp3) is 0.909. The van der Waals surface area contributed by atoms with Crippen LogP contribution in [0.3, 0.4) is 0 Å². The second-order valence-corrected chi connectivity index (χ2v) is 3.92. The predicted molar refractivity (Wildman–Crippen MR) is 60.2 cm³/mol. The van der Waals surface area contributed by atoms with E-state index in [1.165, 1.54) is 7.11 Å². The first-order valence-electron chi connectivity index (χ1n) is 5.65. The van der Waals surface area contributed by atoms with Crippen molar-refractivity contribution in [3.05, 3.63) is 0 Å². The third-order valence-electron chi connectivity index (χ3n) is 2.41. The molecule has 0 saturated carbocycles. The number of esters is 1. The van der Waals surface area contributed by atoms with Gasteiger partial charge in [0.15, 0.2) is 0 Å². The molecule has 6 heteroatoms. The zero-order chi connectivity index (χ0) is 13.3. The molecule has 0 heterocycles. The van der Waals surface area contributed by atoms with Gasteiger partial charge in [-0.3, -0.25) is 4.79 Å². The maximum atomic E-state index is 11.8. The highest BCUT2D eigenvalue weighted by molar-refractivity contribution is 5.80. The average molecular weight is 253 g/mol. The average Bonchev–Trinajstić information content (AvgIpc) is 2.27. The minimum atomic E-state index is -2.45. The topological polar surface area (TPSA) is 47.6 Å². The fourth-order valence-electron chi connectivity index (χ4n) is 1.58. The Morgan fingerprint density at radius 1 is 1.47 bits per heavy atom. The Hall–Kier alpha value is -0.750. The lowest BCUT2D eigenvalue weighted by Gasteiger charge is -2.27. The van der Waals surface area contributed by atoms with Gasteiger partial charge in [-0.05, 0) is 26.3 Å². The second kappa shape index (κ2) is 8.36. The van der Waals surface area contributed by atoms with Gasteiger partial charge in [-0.2, -0.15) is 0 Å². The largest absolute Gasteiger partial charge is 0.468 e. The van der Waals surface area contributed by atoms with Gasteiger partial charge in [0.1, 0.15) is 12.1 Å². The number of likely N-dealkylation sites (N-methyl/N-ethyl adjacent to an activating group) is 1. The van der Waals surface area contributed by atoms with Gasteiger partial charge in [0.2, 0.25) is 0 Å². The van der Waals surface area contributed by atoms with Crippen molar-refractivity contribution in [2.24, 2.45) is 0 Å². The Morgan fingerprint density at radius 3 is 2.59 bits per heavy atom. The molecule has 0 amide bonds. The predicted octanol–water partition coefficient (Wildman–Crippen LogP) is 1.59. The SMILES string of the molecule is CCNC(C)(CCCOCC(F)F)C(=O)OC. The molecule has 0 radical (unpaired) electrons. The van der Waals surface area contributed by atoms with Crippen LogP contribution in [0.1, 0.15) is 26.7 Å². The molecule has 0 aromatic rings. The van der Waals surface area contributed by atoms with Gasteiger partial charge in [0.05, 0.1) is 7.11 Å². The number of halogens is 2. The molecule has 0 aliphatic rings. The second-order valence-electron chi connectivity index (χ2n) is 3.92. The van der Waals surface area contributed by atoms with Crippen molar-refractivity contribution < 1.29 is 23.0 Å². The van der Waals surface area contributed by atoms with Crippen LogP contribution < -0.4 is 5.32 Å². The third-order valence-corrected chi connectivity index (χ3v) is 2.41. The van der Waals surface area contributed by atoms with Gasteiger partial charge in [0.25, 0.3) is 6.43 Å². The number of ether oxygens (including phenoxy) is 2. The van der Waals surface area contributed by atoms with Crippen molar-refractivity contribution in [1.82, 2.24) is 5.32 Å². The molecule has 0 spiro atoms. The minimum Gasteiger partial charge on any atom is -0.468 e. The van der Waals surface area contributed by atoms with Gasteiger partial charge in [-0.25, -0.2) is 8.78 Å². The molecule has 0 saturated heterocycles. The number of carbonyl (C=O) groups excluding carboxylic acids is 1. The maximum Gasteiger partial charge on any atom is 0.325 e. The van der Waals surface area contributed by atoms with Crippen molar-refractivity contribution in [1.29, 1.82) is 0 Å². The standard InChI is InChI=1S/C11H21F2NO3/c1-4-14-11(2,10(15)16-3)6-5-7-17-8-9(12)13/h9,14H,4-8H2,1-3H3. The number of hydrogen-bond donors (Lipinski definition) is 1. The minimum absolute atomic E-state index is 0.211. The van der Waals surface area contributed by atoms with E-state index < -0.39 is 18.6 Å². The lowest BCUT2D eigenvalue weighted by atomic mass is 9.96. The lowest BCUT2D eigenvalue weighted by Crippen LogP contribution is -2.50. The van der Waals surface area contributed by atoms with E-state index in [1.807, 2.05) is 6.92 Å². The molecule has 0 aromatic carbocycles. The summed E-state index contributed by atoms with van der Waals surface area (Å²) in [5, 5.41) is 3.03. The summed E-state index contributed by atoms with van der Waals surface area (Å²) >= 11 is 0. The number of alkyl halides is 2. The molecular weight excluding hydrogens is 232 g/mol. The third kappa shape index (κ3) is 6.53. The highest BCUT2D eigenvalue weighted by atomic mass is 19.3. The van der Waals surface area contributed by atoms with E-state index >= 15 is 0 Å². The Labute approximate surface area is 101 Å². The summed E-state index contributed by atoms with van der Waals surface area (Å²) in [6, 6.07) is 0. The summed E-state index contributed by atoms with van der Waals surface area (Å²) in [4.78, 5) is 11.6. The van der Waals surface area contributed by atoms with Crippen molar-refractivity contribution in [2.75, 3.05) is 26.9 Å². The molecule has 102 valence electrons. The zero-order valence-electron chi connectivity index (χ0n) is 10.6. The summed E-state index contributed by atoms with van der Waals surface area (Å²) in [6.07, 6.45) is -1.45. The first-order chi connectivity index (χ1) is 7.96. The van der Waals surface area contributed by atoms with E-state index in [0.717, 1.165) is 0 Å². The summed E-state index contributed by atoms with van der Waals surface area (Å²) in [7, 11) is 1.32. The normalized spacial score (nSPS) is 14.7. The number of carbonyl (C=O) groups is 1. The summed E-state index contributed by atoms with van der Waals surface area (Å²) in [5.74, 6) is -0.354. The lowest BCUT2D eigenvalue weighted by molar-refractivity contribution is -0.148. The molecule has 0 fully saturated rings. The highest BCUT2D eigenvalue weighted by Crippen LogP contribution is 2.14. The van der Waals surface area contributed by atoms with Crippen molar-refractivity contribution in [3.63, 3.8) is 0 Å². The van der Waals surface area contributed by atoms with Crippen LogP contribution in [0.2, 0.25) is 0 Å². The van der Waals surface area contributed by atoms with Crippen LogP contribution in [-0.2, 0) is 14.3 Å². The number of rotatable bonds is 9. The van der Waals surface area contributed by atoms with Crippen LogP contribution in [0.15, 0.2) is 0 Å². The Bertz CT molecular complexity index is 227. The molecular formula is C11H21F2NO3.